The Labute approximate surface area is 167 Å². The molecule has 1 spiro atoms. The van der Waals surface area contributed by atoms with Gasteiger partial charge in [0.05, 0.1) is 29.5 Å². The number of nitrogens with one attached hydrogen (secondary N) is 1. The molecular formula is C20H21ClN4O3. The second-order valence-electron chi connectivity index (χ2n) is 8.03. The topological polar surface area (TPSA) is 76.5 Å². The van der Waals surface area contributed by atoms with Gasteiger partial charge in [0.2, 0.25) is 0 Å². The van der Waals surface area contributed by atoms with Crippen LogP contribution >= 0.6 is 11.6 Å². The molecule has 8 heteroatoms. The highest BCUT2D eigenvalue weighted by Gasteiger charge is 2.52. The normalized spacial score (nSPS) is 28.3. The minimum absolute atomic E-state index is 0.0568. The average molecular weight is 401 g/mol. The lowest BCUT2D eigenvalue weighted by molar-refractivity contribution is -0.0555. The Bertz CT molecular complexity index is 947. The molecule has 1 aromatic heterocycles. The van der Waals surface area contributed by atoms with E-state index >= 15 is 0 Å². The summed E-state index contributed by atoms with van der Waals surface area (Å²) in [6.45, 7) is 1.21. The van der Waals surface area contributed by atoms with Crippen molar-refractivity contribution >= 4 is 23.6 Å². The van der Waals surface area contributed by atoms with Crippen LogP contribution in [0.25, 0.3) is 0 Å². The SMILES string of the molecule is Cn1ncc(Cl)c1C[C@H]1c2ccccc2C(=O)N1CC1CC2(CNC(=O)O2)C1. The molecule has 1 atom stereocenters. The van der Waals surface area contributed by atoms with Crippen molar-refractivity contribution in [2.24, 2.45) is 13.0 Å². The summed E-state index contributed by atoms with van der Waals surface area (Å²) in [6, 6.07) is 7.71. The number of fused-ring (bicyclic) bond motifs is 1. The molecule has 2 amide bonds. The smallest absolute Gasteiger partial charge is 0.407 e. The van der Waals surface area contributed by atoms with E-state index < -0.39 is 0 Å². The minimum atomic E-state index is -0.377. The van der Waals surface area contributed by atoms with Crippen LogP contribution in [-0.2, 0) is 18.2 Å². The lowest BCUT2D eigenvalue weighted by atomic mass is 9.70. The molecule has 5 rings (SSSR count). The van der Waals surface area contributed by atoms with Crippen molar-refractivity contribution in [3.05, 3.63) is 52.3 Å². The van der Waals surface area contributed by atoms with Crippen LogP contribution in [0.1, 0.15) is 40.5 Å². The van der Waals surface area contributed by atoms with E-state index in [1.807, 2.05) is 36.2 Å². The van der Waals surface area contributed by atoms with Gasteiger partial charge in [-0.3, -0.25) is 9.48 Å². The fraction of sp³-hybridized carbons (Fsp3) is 0.450. The van der Waals surface area contributed by atoms with Crippen LogP contribution in [0.3, 0.4) is 0 Å². The molecule has 1 saturated heterocycles. The third kappa shape index (κ3) is 2.68. The Kier molecular flexibility index (Phi) is 3.91. The van der Waals surface area contributed by atoms with Crippen LogP contribution in [0, 0.1) is 5.92 Å². The number of aryl methyl sites for hydroxylation is 1. The molecule has 2 fully saturated rings. The zero-order valence-electron chi connectivity index (χ0n) is 15.5. The monoisotopic (exact) mass is 400 g/mol. The Morgan fingerprint density at radius 2 is 2.11 bits per heavy atom. The molecule has 1 aliphatic carbocycles. The molecule has 0 radical (unpaired) electrons. The van der Waals surface area contributed by atoms with Crippen molar-refractivity contribution in [3.63, 3.8) is 0 Å². The van der Waals surface area contributed by atoms with Crippen LogP contribution in [0.2, 0.25) is 5.02 Å². The van der Waals surface area contributed by atoms with Crippen LogP contribution in [0.5, 0.6) is 0 Å². The molecule has 0 bridgehead atoms. The number of amides is 2. The van der Waals surface area contributed by atoms with Crippen LogP contribution in [0.4, 0.5) is 4.79 Å². The number of carbonyl (C=O) groups excluding carboxylic acids is 2. The Hall–Kier alpha value is -2.54. The van der Waals surface area contributed by atoms with Crippen LogP contribution in [-0.4, -0.2) is 45.4 Å². The van der Waals surface area contributed by atoms with Gasteiger partial charge in [-0.15, -0.1) is 0 Å². The molecular weight excluding hydrogens is 380 g/mol. The number of aromatic nitrogens is 2. The number of benzene rings is 1. The second kappa shape index (κ2) is 6.24. The maximum absolute atomic E-state index is 13.1. The fourth-order valence-electron chi connectivity index (χ4n) is 4.86. The Balaban J connectivity index is 1.38. The van der Waals surface area contributed by atoms with Gasteiger partial charge in [0, 0.05) is 25.6 Å². The summed E-state index contributed by atoms with van der Waals surface area (Å²) in [5.41, 5.74) is 2.33. The maximum atomic E-state index is 13.1. The van der Waals surface area contributed by atoms with Crippen molar-refractivity contribution < 1.29 is 14.3 Å². The first kappa shape index (κ1) is 17.6. The molecule has 3 heterocycles. The lowest BCUT2D eigenvalue weighted by Crippen LogP contribution is -2.51. The van der Waals surface area contributed by atoms with E-state index in [9.17, 15) is 9.59 Å². The first-order chi connectivity index (χ1) is 13.5. The Morgan fingerprint density at radius 1 is 1.32 bits per heavy atom. The van der Waals surface area contributed by atoms with Gasteiger partial charge in [-0.05, 0) is 30.4 Å². The van der Waals surface area contributed by atoms with Gasteiger partial charge in [0.15, 0.2) is 0 Å². The van der Waals surface area contributed by atoms with E-state index in [0.29, 0.717) is 30.5 Å². The molecule has 1 saturated carbocycles. The van der Waals surface area contributed by atoms with Gasteiger partial charge < -0.3 is 15.0 Å². The fourth-order valence-corrected chi connectivity index (χ4v) is 5.10. The van der Waals surface area contributed by atoms with Crippen molar-refractivity contribution in [2.45, 2.75) is 30.9 Å². The summed E-state index contributed by atoms with van der Waals surface area (Å²) in [4.78, 5) is 26.5. The Morgan fingerprint density at radius 3 is 2.79 bits per heavy atom. The molecule has 3 aliphatic rings. The molecule has 7 nitrogen and oxygen atoms in total. The summed E-state index contributed by atoms with van der Waals surface area (Å²) < 4.78 is 7.20. The van der Waals surface area contributed by atoms with E-state index in [-0.39, 0.29) is 23.6 Å². The number of nitrogens with zero attached hydrogens (tertiary/aromatic N) is 3. The van der Waals surface area contributed by atoms with E-state index in [4.69, 9.17) is 16.3 Å². The van der Waals surface area contributed by atoms with Crippen LogP contribution < -0.4 is 5.32 Å². The van der Waals surface area contributed by atoms with Gasteiger partial charge in [0.25, 0.3) is 5.91 Å². The number of carbonyl (C=O) groups is 2. The van der Waals surface area contributed by atoms with E-state index in [1.54, 1.807) is 10.9 Å². The van der Waals surface area contributed by atoms with Crippen molar-refractivity contribution in [1.82, 2.24) is 20.0 Å². The number of halogens is 1. The third-order valence-electron chi connectivity index (χ3n) is 6.22. The van der Waals surface area contributed by atoms with Gasteiger partial charge >= 0.3 is 6.09 Å². The summed E-state index contributed by atoms with van der Waals surface area (Å²) in [5.74, 6) is 0.372. The van der Waals surface area contributed by atoms with Gasteiger partial charge in [0.1, 0.15) is 5.60 Å². The summed E-state index contributed by atoms with van der Waals surface area (Å²) in [6.07, 6.45) is 3.48. The van der Waals surface area contributed by atoms with E-state index in [2.05, 4.69) is 10.4 Å². The minimum Gasteiger partial charge on any atom is -0.441 e. The van der Waals surface area contributed by atoms with Crippen molar-refractivity contribution in [3.8, 4) is 0 Å². The maximum Gasteiger partial charge on any atom is 0.407 e. The largest absolute Gasteiger partial charge is 0.441 e. The first-order valence-electron chi connectivity index (χ1n) is 9.49. The highest BCUT2D eigenvalue weighted by molar-refractivity contribution is 6.31. The van der Waals surface area contributed by atoms with E-state index in [0.717, 1.165) is 29.7 Å². The lowest BCUT2D eigenvalue weighted by Gasteiger charge is -2.44. The van der Waals surface area contributed by atoms with Crippen molar-refractivity contribution in [1.29, 1.82) is 0 Å². The van der Waals surface area contributed by atoms with Gasteiger partial charge in [-0.1, -0.05) is 29.8 Å². The number of alkyl carbamates (subject to hydrolysis) is 1. The third-order valence-corrected chi connectivity index (χ3v) is 6.54. The zero-order chi connectivity index (χ0) is 19.5. The van der Waals surface area contributed by atoms with E-state index in [1.165, 1.54) is 0 Å². The molecule has 2 aromatic rings. The van der Waals surface area contributed by atoms with Crippen molar-refractivity contribution in [2.75, 3.05) is 13.1 Å². The predicted octanol–water partition coefficient (Wildman–Crippen LogP) is 2.70. The number of rotatable bonds is 4. The summed E-state index contributed by atoms with van der Waals surface area (Å²) in [5, 5.41) is 7.58. The van der Waals surface area contributed by atoms with Gasteiger partial charge in [-0.2, -0.15) is 5.10 Å². The standard InChI is InChI=1S/C20H21ClN4O3/c1-24-17(15(21)9-23-24)6-16-13-4-2-3-5-14(13)18(26)25(16)10-12-7-20(8-12)11-22-19(27)28-20/h2-5,9,12,16H,6-8,10-11H2,1H3,(H,22,27)/t12?,16-,20?/m0/s1. The molecule has 1 N–H and O–H groups in total. The molecule has 28 heavy (non-hydrogen) atoms. The number of ether oxygens (including phenoxy) is 1. The molecule has 146 valence electrons. The number of hydrogen-bond donors (Lipinski definition) is 1. The second-order valence-corrected chi connectivity index (χ2v) is 8.44. The molecule has 0 unspecified atom stereocenters. The first-order valence-corrected chi connectivity index (χ1v) is 9.87. The molecule has 2 aliphatic heterocycles. The number of hydrogen-bond acceptors (Lipinski definition) is 4. The highest BCUT2D eigenvalue weighted by Crippen LogP contribution is 2.45. The molecule has 1 aromatic carbocycles. The summed E-state index contributed by atoms with van der Waals surface area (Å²) >= 11 is 6.33. The zero-order valence-corrected chi connectivity index (χ0v) is 16.3. The average Bonchev–Trinajstić information content (AvgIpc) is 3.27. The highest BCUT2D eigenvalue weighted by atomic mass is 35.5. The predicted molar refractivity (Wildman–Crippen MR) is 102 cm³/mol. The quantitative estimate of drug-likeness (QED) is 0.856. The summed E-state index contributed by atoms with van der Waals surface area (Å²) in [7, 11) is 1.87. The van der Waals surface area contributed by atoms with Crippen LogP contribution in [0.15, 0.2) is 30.5 Å². The van der Waals surface area contributed by atoms with Gasteiger partial charge in [-0.25, -0.2) is 4.79 Å².